The van der Waals surface area contributed by atoms with Crippen LogP contribution in [0.1, 0.15) is 40.0 Å². The number of hydrogen-bond acceptors (Lipinski definition) is 2. The highest BCUT2D eigenvalue weighted by Crippen LogP contribution is 2.19. The fourth-order valence-electron chi connectivity index (χ4n) is 1.91. The van der Waals surface area contributed by atoms with Crippen LogP contribution in [0, 0.1) is 11.8 Å². The molecule has 1 saturated heterocycles. The molecule has 2 unspecified atom stereocenters. The van der Waals surface area contributed by atoms with Crippen LogP contribution in [-0.4, -0.2) is 18.4 Å². The summed E-state index contributed by atoms with van der Waals surface area (Å²) in [6, 6.07) is 0.402. The Morgan fingerprint density at radius 3 is 2.69 bits per heavy atom. The minimum absolute atomic E-state index is 0.291. The molecule has 0 amide bonds. The molecule has 1 fully saturated rings. The van der Waals surface area contributed by atoms with E-state index in [1.54, 1.807) is 0 Å². The van der Waals surface area contributed by atoms with Crippen LogP contribution in [0.25, 0.3) is 0 Å². The monoisotopic (exact) mass is 183 g/mol. The van der Waals surface area contributed by atoms with Crippen LogP contribution < -0.4 is 5.32 Å². The first-order chi connectivity index (χ1) is 6.11. The Hall–Kier alpha value is -0.370. The molecule has 0 aromatic carbocycles. The van der Waals surface area contributed by atoms with Crippen molar-refractivity contribution in [2.24, 2.45) is 11.8 Å². The number of Topliss-reactive ketones (excluding diaryl/α,β-unsaturated/α-hetero) is 1. The summed E-state index contributed by atoms with van der Waals surface area (Å²) >= 11 is 0. The van der Waals surface area contributed by atoms with E-state index in [1.165, 1.54) is 0 Å². The van der Waals surface area contributed by atoms with E-state index in [2.05, 4.69) is 26.1 Å². The Labute approximate surface area is 81.1 Å². The topological polar surface area (TPSA) is 29.1 Å². The third kappa shape index (κ3) is 3.11. The summed E-state index contributed by atoms with van der Waals surface area (Å²) in [6.07, 6.45) is 2.86. The van der Waals surface area contributed by atoms with Gasteiger partial charge in [-0.2, -0.15) is 0 Å². The van der Waals surface area contributed by atoms with E-state index in [0.29, 0.717) is 23.7 Å². The van der Waals surface area contributed by atoms with Gasteiger partial charge in [-0.25, -0.2) is 0 Å². The molecule has 2 heteroatoms. The second-order valence-corrected chi connectivity index (χ2v) is 4.54. The van der Waals surface area contributed by atoms with Gasteiger partial charge in [-0.15, -0.1) is 0 Å². The van der Waals surface area contributed by atoms with Gasteiger partial charge in [0.05, 0.1) is 0 Å². The summed E-state index contributed by atoms with van der Waals surface area (Å²) in [5.41, 5.74) is 0. The molecule has 0 aromatic heterocycles. The zero-order chi connectivity index (χ0) is 9.84. The average Bonchev–Trinajstić information content (AvgIpc) is 2.47. The fourth-order valence-corrected chi connectivity index (χ4v) is 1.91. The van der Waals surface area contributed by atoms with Gasteiger partial charge < -0.3 is 5.32 Å². The van der Waals surface area contributed by atoms with Crippen molar-refractivity contribution in [3.63, 3.8) is 0 Å². The lowest BCUT2D eigenvalue weighted by Crippen LogP contribution is -2.28. The lowest BCUT2D eigenvalue weighted by Gasteiger charge is -2.14. The molecule has 2 atom stereocenters. The van der Waals surface area contributed by atoms with E-state index in [0.717, 1.165) is 25.8 Å². The maximum Gasteiger partial charge on any atom is 0.137 e. The first-order valence-electron chi connectivity index (χ1n) is 5.37. The highest BCUT2D eigenvalue weighted by atomic mass is 16.1. The Morgan fingerprint density at radius 1 is 1.54 bits per heavy atom. The smallest absolute Gasteiger partial charge is 0.137 e. The van der Waals surface area contributed by atoms with Gasteiger partial charge in [-0.05, 0) is 32.2 Å². The van der Waals surface area contributed by atoms with E-state index in [-0.39, 0.29) is 0 Å². The van der Waals surface area contributed by atoms with E-state index >= 15 is 0 Å². The van der Waals surface area contributed by atoms with Crippen molar-refractivity contribution < 1.29 is 4.79 Å². The van der Waals surface area contributed by atoms with E-state index in [9.17, 15) is 4.79 Å². The molecular formula is C11H21NO. The van der Waals surface area contributed by atoms with Gasteiger partial charge >= 0.3 is 0 Å². The van der Waals surface area contributed by atoms with Gasteiger partial charge in [0.2, 0.25) is 0 Å². The minimum atomic E-state index is 0.291. The molecule has 0 radical (unpaired) electrons. The third-order valence-electron chi connectivity index (χ3n) is 2.91. The Bertz CT molecular complexity index is 177. The van der Waals surface area contributed by atoms with Crippen LogP contribution in [0.5, 0.6) is 0 Å². The summed E-state index contributed by atoms with van der Waals surface area (Å²) < 4.78 is 0. The highest BCUT2D eigenvalue weighted by Gasteiger charge is 2.28. The lowest BCUT2D eigenvalue weighted by molar-refractivity contribution is -0.123. The van der Waals surface area contributed by atoms with Crippen molar-refractivity contribution in [3.8, 4) is 0 Å². The van der Waals surface area contributed by atoms with Crippen LogP contribution in [0.3, 0.4) is 0 Å². The summed E-state index contributed by atoms with van der Waals surface area (Å²) in [5.74, 6) is 1.40. The second-order valence-electron chi connectivity index (χ2n) is 4.54. The summed E-state index contributed by atoms with van der Waals surface area (Å²) in [6.45, 7) is 7.47. The molecule has 0 aliphatic carbocycles. The maximum atomic E-state index is 11.7. The molecule has 0 bridgehead atoms. The fraction of sp³-hybridized carbons (Fsp3) is 0.909. The summed E-state index contributed by atoms with van der Waals surface area (Å²) in [4.78, 5) is 11.7. The number of hydrogen-bond donors (Lipinski definition) is 1. The predicted octanol–water partition coefficient (Wildman–Crippen LogP) is 1.99. The van der Waals surface area contributed by atoms with Crippen LogP contribution in [-0.2, 0) is 4.79 Å². The molecule has 2 nitrogen and oxygen atoms in total. The standard InChI is InChI=1S/C11H21NO/c1-8(2)4-5-11(13)10-6-7-12-9(10)3/h8-10,12H,4-7H2,1-3H3. The zero-order valence-electron chi connectivity index (χ0n) is 8.97. The SMILES string of the molecule is CC(C)CCC(=O)C1CCNC1C. The Kier molecular flexibility index (Phi) is 3.91. The van der Waals surface area contributed by atoms with E-state index < -0.39 is 0 Å². The van der Waals surface area contributed by atoms with Crippen molar-refractivity contribution in [2.45, 2.75) is 46.1 Å². The normalized spacial score (nSPS) is 28.3. The maximum absolute atomic E-state index is 11.7. The third-order valence-corrected chi connectivity index (χ3v) is 2.91. The minimum Gasteiger partial charge on any atom is -0.314 e. The predicted molar refractivity (Wildman–Crippen MR) is 54.7 cm³/mol. The average molecular weight is 183 g/mol. The number of nitrogens with one attached hydrogen (secondary N) is 1. The van der Waals surface area contributed by atoms with E-state index in [1.807, 2.05) is 0 Å². The van der Waals surface area contributed by atoms with Crippen molar-refractivity contribution in [2.75, 3.05) is 6.54 Å². The Morgan fingerprint density at radius 2 is 2.23 bits per heavy atom. The summed E-state index contributed by atoms with van der Waals surface area (Å²) in [7, 11) is 0. The molecule has 1 heterocycles. The van der Waals surface area contributed by atoms with E-state index in [4.69, 9.17) is 0 Å². The first kappa shape index (κ1) is 10.7. The highest BCUT2D eigenvalue weighted by molar-refractivity contribution is 5.81. The van der Waals surface area contributed by atoms with Gasteiger partial charge in [0.25, 0.3) is 0 Å². The van der Waals surface area contributed by atoms with Gasteiger partial charge in [0.1, 0.15) is 5.78 Å². The van der Waals surface area contributed by atoms with Gasteiger partial charge in [-0.3, -0.25) is 4.79 Å². The van der Waals surface area contributed by atoms with Crippen LogP contribution >= 0.6 is 0 Å². The lowest BCUT2D eigenvalue weighted by atomic mass is 9.92. The Balaban J connectivity index is 2.30. The molecule has 1 rings (SSSR count). The quantitative estimate of drug-likeness (QED) is 0.722. The van der Waals surface area contributed by atoms with Gasteiger partial charge in [0, 0.05) is 18.4 Å². The van der Waals surface area contributed by atoms with Crippen molar-refractivity contribution in [1.29, 1.82) is 0 Å². The van der Waals surface area contributed by atoms with Crippen LogP contribution in [0.15, 0.2) is 0 Å². The van der Waals surface area contributed by atoms with Crippen LogP contribution in [0.2, 0.25) is 0 Å². The molecule has 1 aliphatic rings. The molecule has 76 valence electrons. The largest absolute Gasteiger partial charge is 0.314 e. The number of rotatable bonds is 4. The second kappa shape index (κ2) is 4.75. The molecule has 0 spiro atoms. The molecular weight excluding hydrogens is 162 g/mol. The molecule has 13 heavy (non-hydrogen) atoms. The van der Waals surface area contributed by atoms with Gasteiger partial charge in [0.15, 0.2) is 0 Å². The molecule has 0 saturated carbocycles. The van der Waals surface area contributed by atoms with Crippen molar-refractivity contribution in [3.05, 3.63) is 0 Å². The molecule has 1 N–H and O–H groups in total. The van der Waals surface area contributed by atoms with Crippen molar-refractivity contribution in [1.82, 2.24) is 5.32 Å². The molecule has 1 aliphatic heterocycles. The van der Waals surface area contributed by atoms with Gasteiger partial charge in [-0.1, -0.05) is 13.8 Å². The van der Waals surface area contributed by atoms with Crippen molar-refractivity contribution >= 4 is 5.78 Å². The molecule has 0 aromatic rings. The number of ketones is 1. The summed E-state index contributed by atoms with van der Waals surface area (Å²) in [5, 5.41) is 3.32. The van der Waals surface area contributed by atoms with Crippen LogP contribution in [0.4, 0.5) is 0 Å². The first-order valence-corrected chi connectivity index (χ1v) is 5.37. The number of carbonyl (C=O) groups is 1. The number of carbonyl (C=O) groups excluding carboxylic acids is 1. The zero-order valence-corrected chi connectivity index (χ0v) is 8.97.